The number of hydrogen-bond donors (Lipinski definition) is 0. The highest BCUT2D eigenvalue weighted by atomic mass is 35.5. The zero-order valence-electron chi connectivity index (χ0n) is 17.3. The van der Waals surface area contributed by atoms with Crippen LogP contribution in [0.2, 0.25) is 5.02 Å². The van der Waals surface area contributed by atoms with E-state index in [1.54, 1.807) is 29.6 Å². The van der Waals surface area contributed by atoms with Gasteiger partial charge in [0.2, 0.25) is 0 Å². The number of carbonyl (C=O) groups is 1. The minimum atomic E-state index is 0.0553. The van der Waals surface area contributed by atoms with Gasteiger partial charge in [0.1, 0.15) is 20.2 Å². The van der Waals surface area contributed by atoms with Crippen molar-refractivity contribution in [1.82, 2.24) is 9.97 Å². The van der Waals surface area contributed by atoms with Crippen molar-refractivity contribution in [3.05, 3.63) is 70.1 Å². The summed E-state index contributed by atoms with van der Waals surface area (Å²) in [5.74, 6) is 0.486. The predicted octanol–water partition coefficient (Wildman–Crippen LogP) is 8.22. The molecular formula is C25H19ClN2OS2. The van der Waals surface area contributed by atoms with Crippen LogP contribution in [-0.2, 0) is 0 Å². The van der Waals surface area contributed by atoms with E-state index in [-0.39, 0.29) is 5.78 Å². The number of thiophene rings is 1. The molecule has 0 N–H and O–H groups in total. The van der Waals surface area contributed by atoms with Crippen molar-refractivity contribution < 1.29 is 4.79 Å². The fraction of sp³-hybridized carbons (Fsp3) is 0.160. The second kappa shape index (κ2) is 7.83. The van der Waals surface area contributed by atoms with Gasteiger partial charge >= 0.3 is 0 Å². The van der Waals surface area contributed by atoms with Gasteiger partial charge in [0.05, 0.1) is 0 Å². The molecule has 31 heavy (non-hydrogen) atoms. The fourth-order valence-electron chi connectivity index (χ4n) is 3.62. The van der Waals surface area contributed by atoms with Gasteiger partial charge in [-0.05, 0) is 25.0 Å². The zero-order valence-corrected chi connectivity index (χ0v) is 19.7. The number of pyridine rings is 1. The van der Waals surface area contributed by atoms with Crippen molar-refractivity contribution in [2.75, 3.05) is 0 Å². The van der Waals surface area contributed by atoms with Crippen molar-refractivity contribution in [3.63, 3.8) is 0 Å². The van der Waals surface area contributed by atoms with Gasteiger partial charge in [0.25, 0.3) is 0 Å². The summed E-state index contributed by atoms with van der Waals surface area (Å²) in [7, 11) is 0. The first kappa shape index (κ1) is 20.3. The molecule has 2 aromatic carbocycles. The third-order valence-electron chi connectivity index (χ3n) is 5.30. The molecule has 0 bridgehead atoms. The lowest BCUT2D eigenvalue weighted by atomic mass is 10.0. The SMILES string of the molecule is CC(=O)c1ccc(-c2nc3c(-c4ccccc4Cl)c4cc(C(C)C)sc4nc3s2)cc1. The van der Waals surface area contributed by atoms with Crippen molar-refractivity contribution in [2.45, 2.75) is 26.7 Å². The highest BCUT2D eigenvalue weighted by molar-refractivity contribution is 7.22. The smallest absolute Gasteiger partial charge is 0.159 e. The summed E-state index contributed by atoms with van der Waals surface area (Å²) in [4.78, 5) is 24.8. The highest BCUT2D eigenvalue weighted by Crippen LogP contribution is 2.44. The third kappa shape index (κ3) is 3.57. The van der Waals surface area contributed by atoms with E-state index in [9.17, 15) is 4.79 Å². The van der Waals surface area contributed by atoms with Gasteiger partial charge in [-0.15, -0.1) is 11.3 Å². The van der Waals surface area contributed by atoms with E-state index in [2.05, 4.69) is 19.9 Å². The van der Waals surface area contributed by atoms with Gasteiger partial charge in [-0.1, -0.05) is 79.2 Å². The molecule has 5 rings (SSSR count). The number of Topliss-reactive ketones (excluding diaryl/α,β-unsaturated/α-hetero) is 1. The molecule has 0 saturated carbocycles. The quantitative estimate of drug-likeness (QED) is 0.252. The van der Waals surface area contributed by atoms with E-state index >= 15 is 0 Å². The third-order valence-corrected chi connectivity index (χ3v) is 7.96. The maximum absolute atomic E-state index is 11.6. The Balaban J connectivity index is 1.78. The van der Waals surface area contributed by atoms with Gasteiger partial charge in [0.15, 0.2) is 5.78 Å². The molecule has 0 radical (unpaired) electrons. The Morgan fingerprint density at radius 3 is 2.39 bits per heavy atom. The summed E-state index contributed by atoms with van der Waals surface area (Å²) in [5.41, 5.74) is 4.55. The number of benzene rings is 2. The molecule has 154 valence electrons. The monoisotopic (exact) mass is 462 g/mol. The number of nitrogens with zero attached hydrogens (tertiary/aromatic N) is 2. The minimum absolute atomic E-state index is 0.0553. The number of carbonyl (C=O) groups excluding carboxylic acids is 1. The number of halogens is 1. The van der Waals surface area contributed by atoms with Crippen LogP contribution in [0.5, 0.6) is 0 Å². The Hall–Kier alpha value is -2.60. The van der Waals surface area contributed by atoms with Crippen LogP contribution in [0, 0.1) is 0 Å². The molecule has 3 heterocycles. The second-order valence-electron chi connectivity index (χ2n) is 7.80. The number of fused-ring (bicyclic) bond motifs is 2. The van der Waals surface area contributed by atoms with Gasteiger partial charge < -0.3 is 0 Å². The van der Waals surface area contributed by atoms with E-state index in [4.69, 9.17) is 21.6 Å². The van der Waals surface area contributed by atoms with E-state index in [0.717, 1.165) is 42.3 Å². The number of thiazole rings is 1. The van der Waals surface area contributed by atoms with Gasteiger partial charge in [-0.25, -0.2) is 9.97 Å². The lowest BCUT2D eigenvalue weighted by Crippen LogP contribution is -1.90. The normalized spacial score (nSPS) is 11.6. The molecule has 0 aliphatic rings. The maximum Gasteiger partial charge on any atom is 0.159 e. The van der Waals surface area contributed by atoms with Crippen LogP contribution in [0.4, 0.5) is 0 Å². The molecule has 0 unspecified atom stereocenters. The molecule has 6 heteroatoms. The predicted molar refractivity (Wildman–Crippen MR) is 133 cm³/mol. The topological polar surface area (TPSA) is 42.9 Å². The van der Waals surface area contributed by atoms with E-state index in [1.807, 2.05) is 48.5 Å². The number of hydrogen-bond acceptors (Lipinski definition) is 5. The molecule has 0 aliphatic carbocycles. The van der Waals surface area contributed by atoms with Crippen molar-refractivity contribution >= 4 is 60.6 Å². The summed E-state index contributed by atoms with van der Waals surface area (Å²) in [6, 6.07) is 17.7. The van der Waals surface area contributed by atoms with Crippen LogP contribution < -0.4 is 0 Å². The Kier molecular flexibility index (Phi) is 5.13. The lowest BCUT2D eigenvalue weighted by molar-refractivity contribution is 0.101. The van der Waals surface area contributed by atoms with Crippen molar-refractivity contribution in [2.24, 2.45) is 0 Å². The van der Waals surface area contributed by atoms with E-state index in [1.165, 1.54) is 4.88 Å². The van der Waals surface area contributed by atoms with E-state index < -0.39 is 0 Å². The summed E-state index contributed by atoms with van der Waals surface area (Å²) in [5, 5.41) is 2.68. The van der Waals surface area contributed by atoms with Gasteiger partial charge in [-0.2, -0.15) is 0 Å². The van der Waals surface area contributed by atoms with Crippen molar-refractivity contribution in [3.8, 4) is 21.7 Å². The summed E-state index contributed by atoms with van der Waals surface area (Å²) in [6.07, 6.45) is 0. The first-order valence-electron chi connectivity index (χ1n) is 10.0. The molecule has 0 spiro atoms. The van der Waals surface area contributed by atoms with Crippen LogP contribution in [0.1, 0.15) is 41.9 Å². The van der Waals surface area contributed by atoms with Crippen LogP contribution in [0.25, 0.3) is 42.3 Å². The number of aromatic nitrogens is 2. The number of rotatable bonds is 4. The summed E-state index contributed by atoms with van der Waals surface area (Å²) < 4.78 is 0. The molecule has 0 aliphatic heterocycles. The summed E-state index contributed by atoms with van der Waals surface area (Å²) in [6.45, 7) is 5.97. The first-order chi connectivity index (χ1) is 14.9. The van der Waals surface area contributed by atoms with Crippen LogP contribution in [0.3, 0.4) is 0 Å². The Morgan fingerprint density at radius 1 is 0.968 bits per heavy atom. The Morgan fingerprint density at radius 2 is 1.71 bits per heavy atom. The van der Waals surface area contributed by atoms with Crippen LogP contribution in [0.15, 0.2) is 54.6 Å². The first-order valence-corrected chi connectivity index (χ1v) is 12.0. The molecular weight excluding hydrogens is 444 g/mol. The largest absolute Gasteiger partial charge is 0.295 e. The highest BCUT2D eigenvalue weighted by Gasteiger charge is 2.20. The van der Waals surface area contributed by atoms with Crippen LogP contribution >= 0.6 is 34.3 Å². The van der Waals surface area contributed by atoms with Gasteiger partial charge in [0, 0.05) is 37.5 Å². The molecule has 0 saturated heterocycles. The van der Waals surface area contributed by atoms with E-state index in [0.29, 0.717) is 16.5 Å². The van der Waals surface area contributed by atoms with Gasteiger partial charge in [-0.3, -0.25) is 4.79 Å². The second-order valence-corrected chi connectivity index (χ2v) is 10.2. The lowest BCUT2D eigenvalue weighted by Gasteiger charge is -2.07. The fourth-order valence-corrected chi connectivity index (χ4v) is 5.91. The molecule has 5 aromatic rings. The summed E-state index contributed by atoms with van der Waals surface area (Å²) >= 11 is 9.93. The zero-order chi connectivity index (χ0) is 21.7. The van der Waals surface area contributed by atoms with Crippen LogP contribution in [-0.4, -0.2) is 15.8 Å². The van der Waals surface area contributed by atoms with Crippen molar-refractivity contribution in [1.29, 1.82) is 0 Å². The average molecular weight is 463 g/mol. The molecule has 0 fully saturated rings. The minimum Gasteiger partial charge on any atom is -0.295 e. The average Bonchev–Trinajstić information content (AvgIpc) is 3.37. The Labute approximate surface area is 193 Å². The molecule has 3 nitrogen and oxygen atoms in total. The maximum atomic E-state index is 11.6. The number of ketones is 1. The standard InChI is InChI=1S/C25H19ClN2OS2/c1-13(2)20-12-18-21(17-6-4-5-7-19(17)26)22-25(28-24(18)30-20)31-23(27-22)16-10-8-15(9-11-16)14(3)29/h4-13H,1-3H3. The molecule has 0 atom stereocenters. The Bertz CT molecular complexity index is 1450. The molecule has 0 amide bonds. The molecule has 3 aromatic heterocycles.